The van der Waals surface area contributed by atoms with E-state index < -0.39 is 17.5 Å². The van der Waals surface area contributed by atoms with Crippen LogP contribution in [0.4, 0.5) is 14.5 Å². The Morgan fingerprint density at radius 3 is 2.57 bits per heavy atom. The average Bonchev–Trinajstić information content (AvgIpc) is 2.08. The molecule has 0 saturated heterocycles. The molecule has 0 fully saturated rings. The third-order valence-corrected chi connectivity index (χ3v) is 1.41. The van der Waals surface area contributed by atoms with Crippen LogP contribution in [0.15, 0.2) is 12.1 Å². The maximum atomic E-state index is 12.8. The Labute approximate surface area is 78.7 Å². The highest BCUT2D eigenvalue weighted by Crippen LogP contribution is 2.16. The highest BCUT2D eigenvalue weighted by atomic mass is 19.1. The Hall–Kier alpha value is -2.09. The number of anilines is 1. The van der Waals surface area contributed by atoms with Gasteiger partial charge in [-0.2, -0.15) is 0 Å². The number of nitrogens with two attached hydrogens (primary N) is 2. The molecule has 0 aliphatic carbocycles. The molecule has 0 unspecified atom stereocenters. The van der Waals surface area contributed by atoms with Gasteiger partial charge < -0.3 is 11.5 Å². The number of carbonyl (C=O) groups excluding carboxylic acids is 1. The lowest BCUT2D eigenvalue weighted by Gasteiger charge is -1.99. The minimum atomic E-state index is -0.918. The largest absolute Gasteiger partial charge is 0.395 e. The van der Waals surface area contributed by atoms with Gasteiger partial charge in [-0.3, -0.25) is 4.79 Å². The molecule has 0 radical (unpaired) electrons. The smallest absolute Gasteiger partial charge is 0.293 e. The van der Waals surface area contributed by atoms with Gasteiger partial charge in [0.05, 0.1) is 11.3 Å². The highest BCUT2D eigenvalue weighted by molar-refractivity contribution is 5.92. The monoisotopic (exact) mass is 196 g/mol. The van der Waals surface area contributed by atoms with E-state index in [2.05, 4.69) is 5.92 Å². The normalized spacial score (nSPS) is 9.00. The molecule has 0 aliphatic rings. The number of hydrogen-bond donors (Lipinski definition) is 2. The SMILES string of the molecule is NC(=O)C#Cc1cc(F)cc(F)c1N. The van der Waals surface area contributed by atoms with Crippen molar-refractivity contribution in [3.05, 3.63) is 29.3 Å². The lowest BCUT2D eigenvalue weighted by atomic mass is 10.1. The minimum Gasteiger partial charge on any atom is -0.395 e. The van der Waals surface area contributed by atoms with Crippen molar-refractivity contribution in [3.8, 4) is 11.8 Å². The number of nitrogen functional groups attached to an aromatic ring is 1. The lowest BCUT2D eigenvalue weighted by Crippen LogP contribution is -2.06. The summed E-state index contributed by atoms with van der Waals surface area (Å²) in [7, 11) is 0. The van der Waals surface area contributed by atoms with Crippen LogP contribution in [0.3, 0.4) is 0 Å². The number of rotatable bonds is 0. The second-order valence-corrected chi connectivity index (χ2v) is 2.46. The summed E-state index contributed by atoms with van der Waals surface area (Å²) >= 11 is 0. The van der Waals surface area contributed by atoms with Crippen LogP contribution in [0.1, 0.15) is 5.56 Å². The molecule has 0 bridgehead atoms. The van der Waals surface area contributed by atoms with Gasteiger partial charge in [0.25, 0.3) is 5.91 Å². The van der Waals surface area contributed by atoms with E-state index in [9.17, 15) is 13.6 Å². The zero-order valence-electron chi connectivity index (χ0n) is 6.97. The molecular formula is C9H6F2N2O. The molecule has 1 rings (SSSR count). The van der Waals surface area contributed by atoms with E-state index in [-0.39, 0.29) is 11.3 Å². The summed E-state index contributed by atoms with van der Waals surface area (Å²) in [6, 6.07) is 1.55. The summed E-state index contributed by atoms with van der Waals surface area (Å²) in [5, 5.41) is 0. The van der Waals surface area contributed by atoms with Crippen molar-refractivity contribution < 1.29 is 13.6 Å². The van der Waals surface area contributed by atoms with Gasteiger partial charge in [0.2, 0.25) is 0 Å². The van der Waals surface area contributed by atoms with Crippen molar-refractivity contribution in [3.63, 3.8) is 0 Å². The third kappa shape index (κ3) is 2.20. The van der Waals surface area contributed by atoms with Crippen molar-refractivity contribution in [2.75, 3.05) is 5.73 Å². The Morgan fingerprint density at radius 1 is 1.36 bits per heavy atom. The molecule has 0 aliphatic heterocycles. The van der Waals surface area contributed by atoms with Gasteiger partial charge >= 0.3 is 0 Å². The third-order valence-electron chi connectivity index (χ3n) is 1.41. The van der Waals surface area contributed by atoms with Crippen LogP contribution in [-0.4, -0.2) is 5.91 Å². The number of hydrogen-bond acceptors (Lipinski definition) is 2. The first kappa shape index (κ1) is 9.99. The summed E-state index contributed by atoms with van der Waals surface area (Å²) < 4.78 is 25.5. The molecule has 1 aromatic carbocycles. The molecule has 4 N–H and O–H groups in total. The molecule has 3 nitrogen and oxygen atoms in total. The van der Waals surface area contributed by atoms with Gasteiger partial charge in [-0.15, -0.1) is 0 Å². The molecule has 0 aromatic heterocycles. The van der Waals surface area contributed by atoms with Crippen molar-refractivity contribution in [2.45, 2.75) is 0 Å². The Kier molecular flexibility index (Phi) is 2.67. The van der Waals surface area contributed by atoms with Crippen molar-refractivity contribution in [1.82, 2.24) is 0 Å². The molecule has 1 aromatic rings. The van der Waals surface area contributed by atoms with Crippen LogP contribution >= 0.6 is 0 Å². The predicted molar refractivity (Wildman–Crippen MR) is 46.8 cm³/mol. The van der Waals surface area contributed by atoms with Crippen LogP contribution < -0.4 is 11.5 Å². The van der Waals surface area contributed by atoms with E-state index in [0.717, 1.165) is 6.07 Å². The summed E-state index contributed by atoms with van der Waals surface area (Å²) in [4.78, 5) is 10.3. The topological polar surface area (TPSA) is 69.1 Å². The first-order valence-electron chi connectivity index (χ1n) is 3.56. The van der Waals surface area contributed by atoms with E-state index in [4.69, 9.17) is 11.5 Å². The van der Waals surface area contributed by atoms with Gasteiger partial charge in [-0.25, -0.2) is 8.78 Å². The van der Waals surface area contributed by atoms with Crippen molar-refractivity contribution in [2.24, 2.45) is 5.73 Å². The molecule has 14 heavy (non-hydrogen) atoms. The first-order chi connectivity index (χ1) is 6.50. The molecule has 0 atom stereocenters. The van der Waals surface area contributed by atoms with Crippen LogP contribution in [0.2, 0.25) is 0 Å². The molecule has 5 heteroatoms. The van der Waals surface area contributed by atoms with E-state index in [1.807, 2.05) is 5.92 Å². The summed E-state index contributed by atoms with van der Waals surface area (Å²) in [5.74, 6) is 1.47. The van der Waals surface area contributed by atoms with E-state index in [1.165, 1.54) is 0 Å². The quantitative estimate of drug-likeness (QED) is 0.465. The summed E-state index contributed by atoms with van der Waals surface area (Å²) in [5.41, 5.74) is 9.57. The molecule has 72 valence electrons. The fourth-order valence-electron chi connectivity index (χ4n) is 0.817. The second kappa shape index (κ2) is 3.75. The maximum Gasteiger partial charge on any atom is 0.293 e. The van der Waals surface area contributed by atoms with Crippen LogP contribution in [0, 0.1) is 23.5 Å². The van der Waals surface area contributed by atoms with E-state index in [0.29, 0.717) is 6.07 Å². The Bertz CT molecular complexity index is 446. The number of benzene rings is 1. The van der Waals surface area contributed by atoms with Gasteiger partial charge in [-0.05, 0) is 6.07 Å². The van der Waals surface area contributed by atoms with Crippen LogP contribution in [-0.2, 0) is 4.79 Å². The lowest BCUT2D eigenvalue weighted by molar-refractivity contribution is -0.112. The number of halogens is 2. The van der Waals surface area contributed by atoms with Crippen molar-refractivity contribution in [1.29, 1.82) is 0 Å². The Morgan fingerprint density at radius 2 is 2.00 bits per heavy atom. The zero-order valence-corrected chi connectivity index (χ0v) is 6.97. The summed E-state index contributed by atoms with van der Waals surface area (Å²) in [6.07, 6.45) is 0. The maximum absolute atomic E-state index is 12.8. The molecule has 0 heterocycles. The molecule has 0 spiro atoms. The minimum absolute atomic E-state index is 0.0960. The van der Waals surface area contributed by atoms with Gasteiger partial charge in [-0.1, -0.05) is 5.92 Å². The summed E-state index contributed by atoms with van der Waals surface area (Å²) in [6.45, 7) is 0. The molecule has 0 saturated carbocycles. The number of primary amides is 1. The van der Waals surface area contributed by atoms with Crippen LogP contribution in [0.5, 0.6) is 0 Å². The number of carbonyl (C=O) groups is 1. The van der Waals surface area contributed by atoms with Crippen molar-refractivity contribution >= 4 is 11.6 Å². The van der Waals surface area contributed by atoms with Gasteiger partial charge in [0, 0.05) is 12.0 Å². The second-order valence-electron chi connectivity index (χ2n) is 2.46. The Balaban J connectivity index is 3.23. The fraction of sp³-hybridized carbons (Fsp3) is 0. The predicted octanol–water partition coefficient (Wildman–Crippen LogP) is 0.384. The molecular weight excluding hydrogens is 190 g/mol. The van der Waals surface area contributed by atoms with Crippen LogP contribution in [0.25, 0.3) is 0 Å². The fourth-order valence-corrected chi connectivity index (χ4v) is 0.817. The van der Waals surface area contributed by atoms with Gasteiger partial charge in [0.15, 0.2) is 0 Å². The first-order valence-corrected chi connectivity index (χ1v) is 3.56. The molecule has 1 amide bonds. The van der Waals surface area contributed by atoms with Gasteiger partial charge in [0.1, 0.15) is 11.6 Å². The highest BCUT2D eigenvalue weighted by Gasteiger charge is 2.05. The zero-order chi connectivity index (χ0) is 10.7. The average molecular weight is 196 g/mol. The van der Waals surface area contributed by atoms with E-state index in [1.54, 1.807) is 0 Å². The number of amides is 1. The van der Waals surface area contributed by atoms with E-state index >= 15 is 0 Å². The standard InChI is InChI=1S/C9H6F2N2O/c10-6-3-5(1-2-8(12)14)9(13)7(11)4-6/h3-4H,13H2,(H2,12,14).